The van der Waals surface area contributed by atoms with Crippen molar-refractivity contribution in [3.05, 3.63) is 116 Å². The number of carbonyl (C=O) groups excluding carboxylic acids is 1. The van der Waals surface area contributed by atoms with Gasteiger partial charge >= 0.3 is 0 Å². The third kappa shape index (κ3) is 4.32. The summed E-state index contributed by atoms with van der Waals surface area (Å²) in [5.41, 5.74) is 2.95. The topological polar surface area (TPSA) is 95.1 Å². The number of hydrogen-bond donors (Lipinski definition) is 0. The van der Waals surface area contributed by atoms with Crippen molar-refractivity contribution in [2.24, 2.45) is 7.05 Å². The average molecular weight is 427 g/mol. The molecule has 0 N–H and O–H groups in total. The van der Waals surface area contributed by atoms with Gasteiger partial charge in [-0.1, -0.05) is 42.5 Å². The molecule has 4 rings (SSSR count). The summed E-state index contributed by atoms with van der Waals surface area (Å²) in [6.45, 7) is 0. The largest absolute Gasteiger partial charge is 0.308 e. The van der Waals surface area contributed by atoms with Gasteiger partial charge in [-0.3, -0.25) is 19.7 Å². The number of non-ortho nitro benzene ring substituents is 1. The van der Waals surface area contributed by atoms with E-state index in [1.165, 1.54) is 24.3 Å². The number of ketones is 1. The van der Waals surface area contributed by atoms with Gasteiger partial charge in [0.15, 0.2) is 5.78 Å². The SMILES string of the molecule is Cn1c(=O)c(CC(CC(=O)c2ccc([N+](=O)[O-])cc2)c2ccccc2)nc2ccccc21. The Morgan fingerprint density at radius 3 is 2.34 bits per heavy atom. The molecule has 0 aliphatic heterocycles. The molecule has 7 heteroatoms. The van der Waals surface area contributed by atoms with Gasteiger partial charge < -0.3 is 4.57 Å². The van der Waals surface area contributed by atoms with E-state index in [0.717, 1.165) is 16.6 Å². The fourth-order valence-electron chi connectivity index (χ4n) is 3.85. The lowest BCUT2D eigenvalue weighted by Gasteiger charge is -2.17. The molecule has 32 heavy (non-hydrogen) atoms. The van der Waals surface area contributed by atoms with Crippen LogP contribution in [0.5, 0.6) is 0 Å². The van der Waals surface area contributed by atoms with Crippen molar-refractivity contribution in [2.45, 2.75) is 18.8 Å². The highest BCUT2D eigenvalue weighted by Crippen LogP contribution is 2.26. The summed E-state index contributed by atoms with van der Waals surface area (Å²) in [4.78, 5) is 40.9. The van der Waals surface area contributed by atoms with Gasteiger partial charge in [0.2, 0.25) is 0 Å². The van der Waals surface area contributed by atoms with Gasteiger partial charge in [0.1, 0.15) is 5.69 Å². The number of nitro benzene ring substituents is 1. The first-order valence-corrected chi connectivity index (χ1v) is 10.2. The third-order valence-corrected chi connectivity index (χ3v) is 5.59. The number of nitro groups is 1. The summed E-state index contributed by atoms with van der Waals surface area (Å²) in [5, 5.41) is 10.9. The summed E-state index contributed by atoms with van der Waals surface area (Å²) in [6, 6.07) is 22.6. The molecule has 0 saturated carbocycles. The second-order valence-corrected chi connectivity index (χ2v) is 7.65. The van der Waals surface area contributed by atoms with Gasteiger partial charge in [-0.25, -0.2) is 4.98 Å². The van der Waals surface area contributed by atoms with Crippen LogP contribution in [0.2, 0.25) is 0 Å². The van der Waals surface area contributed by atoms with E-state index in [1.807, 2.05) is 54.6 Å². The number of fused-ring (bicyclic) bond motifs is 1. The standard InChI is InChI=1S/C25H21N3O4/c1-27-23-10-6-5-9-21(23)26-22(25(27)30)15-19(17-7-3-2-4-8-17)16-24(29)18-11-13-20(14-12-18)28(31)32/h2-14,19H,15-16H2,1H3. The minimum atomic E-state index is -0.498. The first-order valence-electron chi connectivity index (χ1n) is 10.2. The van der Waals surface area contributed by atoms with Crippen molar-refractivity contribution in [3.63, 3.8) is 0 Å². The van der Waals surface area contributed by atoms with Crippen molar-refractivity contribution in [2.75, 3.05) is 0 Å². The fraction of sp³-hybridized carbons (Fsp3) is 0.160. The monoisotopic (exact) mass is 427 g/mol. The average Bonchev–Trinajstić information content (AvgIpc) is 2.82. The Bertz CT molecular complexity index is 1350. The molecular weight excluding hydrogens is 406 g/mol. The zero-order valence-corrected chi connectivity index (χ0v) is 17.5. The predicted octanol–water partition coefficient (Wildman–Crippen LogP) is 4.44. The number of rotatable bonds is 7. The highest BCUT2D eigenvalue weighted by molar-refractivity contribution is 5.96. The highest BCUT2D eigenvalue weighted by Gasteiger charge is 2.21. The van der Waals surface area contributed by atoms with Crippen LogP contribution in [0.4, 0.5) is 5.69 Å². The molecule has 1 atom stereocenters. The normalized spacial score (nSPS) is 11.9. The van der Waals surface area contributed by atoms with Crippen LogP contribution < -0.4 is 5.56 Å². The molecule has 0 bridgehead atoms. The Morgan fingerprint density at radius 1 is 1.00 bits per heavy atom. The molecule has 7 nitrogen and oxygen atoms in total. The van der Waals surface area contributed by atoms with Crippen molar-refractivity contribution >= 4 is 22.5 Å². The second-order valence-electron chi connectivity index (χ2n) is 7.65. The van der Waals surface area contributed by atoms with E-state index in [2.05, 4.69) is 4.98 Å². The van der Waals surface area contributed by atoms with E-state index in [0.29, 0.717) is 17.7 Å². The number of hydrogen-bond acceptors (Lipinski definition) is 5. The maximum atomic E-state index is 13.0. The predicted molar refractivity (Wildman–Crippen MR) is 122 cm³/mol. The van der Waals surface area contributed by atoms with E-state index in [4.69, 9.17) is 0 Å². The van der Waals surface area contributed by atoms with Crippen molar-refractivity contribution in [1.29, 1.82) is 0 Å². The maximum Gasteiger partial charge on any atom is 0.272 e. The van der Waals surface area contributed by atoms with Crippen LogP contribution in [-0.2, 0) is 13.5 Å². The number of aryl methyl sites for hydroxylation is 1. The lowest BCUT2D eigenvalue weighted by Crippen LogP contribution is -2.25. The van der Waals surface area contributed by atoms with E-state index in [9.17, 15) is 19.7 Å². The Hall–Kier alpha value is -4.13. The number of para-hydroxylation sites is 2. The van der Waals surface area contributed by atoms with Gasteiger partial charge in [0.05, 0.1) is 16.0 Å². The molecule has 4 aromatic rings. The number of aromatic nitrogens is 2. The molecular formula is C25H21N3O4. The van der Waals surface area contributed by atoms with Crippen LogP contribution in [0, 0.1) is 10.1 Å². The Balaban J connectivity index is 1.67. The van der Waals surface area contributed by atoms with Gasteiger partial charge in [0, 0.05) is 37.6 Å². The molecule has 3 aromatic carbocycles. The maximum absolute atomic E-state index is 13.0. The number of nitrogens with zero attached hydrogens (tertiary/aromatic N) is 3. The summed E-state index contributed by atoms with van der Waals surface area (Å²) >= 11 is 0. The zero-order chi connectivity index (χ0) is 22.7. The first kappa shape index (κ1) is 21.1. The van der Waals surface area contributed by atoms with Crippen molar-refractivity contribution in [1.82, 2.24) is 9.55 Å². The number of carbonyl (C=O) groups is 1. The Morgan fingerprint density at radius 2 is 1.66 bits per heavy atom. The molecule has 160 valence electrons. The van der Waals surface area contributed by atoms with Gasteiger partial charge in [-0.05, 0) is 35.7 Å². The quantitative estimate of drug-likeness (QED) is 0.247. The van der Waals surface area contributed by atoms with Crippen LogP contribution in [0.25, 0.3) is 11.0 Å². The van der Waals surface area contributed by atoms with Crippen LogP contribution in [0.3, 0.4) is 0 Å². The number of benzene rings is 3. The molecule has 1 aromatic heterocycles. The molecule has 0 aliphatic carbocycles. The van der Waals surface area contributed by atoms with E-state index < -0.39 is 4.92 Å². The van der Waals surface area contributed by atoms with E-state index >= 15 is 0 Å². The summed E-state index contributed by atoms with van der Waals surface area (Å²) in [6.07, 6.45) is 0.458. The highest BCUT2D eigenvalue weighted by atomic mass is 16.6. The van der Waals surface area contributed by atoms with Gasteiger partial charge in [-0.2, -0.15) is 0 Å². The second kappa shape index (κ2) is 8.93. The smallest absolute Gasteiger partial charge is 0.272 e. The molecule has 0 amide bonds. The van der Waals surface area contributed by atoms with E-state index in [-0.39, 0.29) is 29.4 Å². The number of Topliss-reactive ketones (excluding diaryl/α,β-unsaturated/α-hetero) is 1. The molecule has 1 unspecified atom stereocenters. The molecule has 0 aliphatic rings. The Kier molecular flexibility index (Phi) is 5.89. The minimum Gasteiger partial charge on any atom is -0.308 e. The lowest BCUT2D eigenvalue weighted by atomic mass is 9.88. The van der Waals surface area contributed by atoms with Crippen molar-refractivity contribution in [3.8, 4) is 0 Å². The first-order chi connectivity index (χ1) is 15.4. The van der Waals surface area contributed by atoms with Crippen LogP contribution >= 0.6 is 0 Å². The van der Waals surface area contributed by atoms with Gasteiger partial charge in [-0.15, -0.1) is 0 Å². The molecule has 0 saturated heterocycles. The molecule has 0 radical (unpaired) electrons. The third-order valence-electron chi connectivity index (χ3n) is 5.59. The van der Waals surface area contributed by atoms with E-state index in [1.54, 1.807) is 11.6 Å². The minimum absolute atomic E-state index is 0.0648. The Labute approximate surface area is 184 Å². The molecule has 1 heterocycles. The van der Waals surface area contributed by atoms with Crippen molar-refractivity contribution < 1.29 is 9.72 Å². The molecule has 0 spiro atoms. The zero-order valence-electron chi connectivity index (χ0n) is 17.5. The fourth-order valence-corrected chi connectivity index (χ4v) is 3.85. The summed E-state index contributed by atoms with van der Waals surface area (Å²) in [7, 11) is 1.72. The summed E-state index contributed by atoms with van der Waals surface area (Å²) in [5.74, 6) is -0.411. The molecule has 0 fully saturated rings. The van der Waals surface area contributed by atoms with Crippen LogP contribution in [-0.4, -0.2) is 20.3 Å². The lowest BCUT2D eigenvalue weighted by molar-refractivity contribution is -0.384. The summed E-state index contributed by atoms with van der Waals surface area (Å²) < 4.78 is 1.58. The van der Waals surface area contributed by atoms with Crippen LogP contribution in [0.15, 0.2) is 83.7 Å². The van der Waals surface area contributed by atoms with Gasteiger partial charge in [0.25, 0.3) is 11.2 Å². The van der Waals surface area contributed by atoms with Crippen LogP contribution in [0.1, 0.15) is 34.0 Å².